The van der Waals surface area contributed by atoms with Crippen LogP contribution in [0.25, 0.3) is 0 Å². The lowest BCUT2D eigenvalue weighted by atomic mass is 10.2. The molecule has 3 heteroatoms. The lowest BCUT2D eigenvalue weighted by Crippen LogP contribution is -2.02. The number of carbonyl (C=O) groups is 1. The summed E-state index contributed by atoms with van der Waals surface area (Å²) >= 11 is 0. The molecule has 0 N–H and O–H groups in total. The van der Waals surface area contributed by atoms with Gasteiger partial charge in [-0.25, -0.2) is 4.79 Å². The summed E-state index contributed by atoms with van der Waals surface area (Å²) in [6.45, 7) is 3.92. The van der Waals surface area contributed by atoms with Crippen LogP contribution in [-0.2, 0) is 9.53 Å². The monoisotopic (exact) mass is 172 g/mol. The Hall–Kier alpha value is -0.573. The van der Waals surface area contributed by atoms with Gasteiger partial charge in [0.25, 0.3) is 0 Å². The molecule has 0 fully saturated rings. The van der Waals surface area contributed by atoms with E-state index in [0.717, 1.165) is 22.2 Å². The molecule has 1 atom stereocenters. The Morgan fingerprint density at radius 3 is 2.64 bits per heavy atom. The Kier molecular flexibility index (Phi) is 4.86. The van der Waals surface area contributed by atoms with Crippen LogP contribution in [0.3, 0.4) is 0 Å². The van der Waals surface area contributed by atoms with Gasteiger partial charge < -0.3 is 4.74 Å². The highest BCUT2D eigenvalue weighted by Crippen LogP contribution is 2.10. The first-order chi connectivity index (χ1) is 5.11. The molecule has 0 heterocycles. The third kappa shape index (κ3) is 3.98. The fourth-order valence-electron chi connectivity index (χ4n) is 0.774. The minimum Gasteiger partial charge on any atom is -0.466 e. The molecule has 0 aromatic heterocycles. The van der Waals surface area contributed by atoms with Crippen LogP contribution < -0.4 is 0 Å². The quantitative estimate of drug-likeness (QED) is 0.355. The van der Waals surface area contributed by atoms with E-state index in [4.69, 9.17) is 0 Å². The van der Waals surface area contributed by atoms with Crippen molar-refractivity contribution in [2.24, 2.45) is 0 Å². The second kappa shape index (κ2) is 5.13. The van der Waals surface area contributed by atoms with Crippen molar-refractivity contribution < 1.29 is 9.53 Å². The van der Waals surface area contributed by atoms with E-state index in [1.54, 1.807) is 6.92 Å². The number of rotatable bonds is 3. The second-order valence-electron chi connectivity index (χ2n) is 2.73. The van der Waals surface area contributed by atoms with Crippen molar-refractivity contribution in [1.29, 1.82) is 0 Å². The number of allylic oxidation sites excluding steroid dienone is 1. The number of carbonyl (C=O) groups excluding carboxylic acids is 1. The number of hydrogen-bond acceptors (Lipinski definition) is 2. The third-order valence-electron chi connectivity index (χ3n) is 1.69. The van der Waals surface area contributed by atoms with E-state index < -0.39 is 0 Å². The van der Waals surface area contributed by atoms with E-state index in [2.05, 4.69) is 11.7 Å². The van der Waals surface area contributed by atoms with Crippen LogP contribution in [0, 0.1) is 0 Å². The Balaban J connectivity index is 4.09. The summed E-state index contributed by atoms with van der Waals surface area (Å²) in [4.78, 5) is 10.9. The van der Waals surface area contributed by atoms with Gasteiger partial charge in [0.2, 0.25) is 0 Å². The highest BCUT2D eigenvalue weighted by atomic mass is 28.1. The van der Waals surface area contributed by atoms with Crippen molar-refractivity contribution in [2.75, 3.05) is 7.11 Å². The molecule has 0 rings (SSSR count). The molecule has 0 aliphatic carbocycles. The minimum absolute atomic E-state index is 0.209. The maximum Gasteiger partial charge on any atom is 0.333 e. The maximum atomic E-state index is 10.9. The van der Waals surface area contributed by atoms with Crippen LogP contribution in [0.1, 0.15) is 20.3 Å². The van der Waals surface area contributed by atoms with E-state index in [1.165, 1.54) is 7.11 Å². The highest BCUT2D eigenvalue weighted by molar-refractivity contribution is 6.13. The molecule has 2 nitrogen and oxygen atoms in total. The van der Waals surface area contributed by atoms with Gasteiger partial charge >= 0.3 is 5.97 Å². The molecule has 0 aliphatic heterocycles. The van der Waals surface area contributed by atoms with E-state index in [1.807, 2.05) is 6.08 Å². The molecule has 64 valence electrons. The SMILES string of the molecule is CCC([SiH3])C=C(C)C(=O)OC. The van der Waals surface area contributed by atoms with Gasteiger partial charge in [0, 0.05) is 15.8 Å². The number of methoxy groups -OCH3 is 1. The van der Waals surface area contributed by atoms with E-state index >= 15 is 0 Å². The van der Waals surface area contributed by atoms with E-state index in [0.29, 0.717) is 5.54 Å². The highest BCUT2D eigenvalue weighted by Gasteiger charge is 2.03. The largest absolute Gasteiger partial charge is 0.466 e. The first kappa shape index (κ1) is 10.4. The minimum atomic E-state index is -0.209. The first-order valence-electron chi connectivity index (χ1n) is 3.88. The van der Waals surface area contributed by atoms with Crippen molar-refractivity contribution in [3.05, 3.63) is 11.6 Å². The molecule has 0 aliphatic rings. The van der Waals surface area contributed by atoms with Crippen LogP contribution in [0.15, 0.2) is 11.6 Å². The van der Waals surface area contributed by atoms with E-state index in [9.17, 15) is 4.79 Å². The van der Waals surface area contributed by atoms with Crippen molar-refractivity contribution >= 4 is 16.2 Å². The molecule has 0 bridgehead atoms. The number of ether oxygens (including phenoxy) is 1. The summed E-state index contributed by atoms with van der Waals surface area (Å²) in [5.41, 5.74) is 1.32. The maximum absolute atomic E-state index is 10.9. The van der Waals surface area contributed by atoms with E-state index in [-0.39, 0.29) is 5.97 Å². The van der Waals surface area contributed by atoms with Gasteiger partial charge in [-0.1, -0.05) is 19.4 Å². The summed E-state index contributed by atoms with van der Waals surface area (Å²) < 4.78 is 4.57. The molecule has 0 spiro atoms. The van der Waals surface area contributed by atoms with Gasteiger partial charge in [-0.2, -0.15) is 0 Å². The van der Waals surface area contributed by atoms with Crippen LogP contribution in [-0.4, -0.2) is 23.3 Å². The Bertz CT molecular complexity index is 163. The molecule has 0 aromatic carbocycles. The average molecular weight is 172 g/mol. The van der Waals surface area contributed by atoms with Crippen molar-refractivity contribution in [1.82, 2.24) is 0 Å². The molecule has 0 aromatic rings. The smallest absolute Gasteiger partial charge is 0.333 e. The second-order valence-corrected chi connectivity index (χ2v) is 4.21. The summed E-state index contributed by atoms with van der Waals surface area (Å²) in [6, 6.07) is 0. The van der Waals surface area contributed by atoms with Crippen LogP contribution >= 0.6 is 0 Å². The standard InChI is InChI=1S/C8H16O2Si/c1-4-7(11)5-6(2)8(9)10-3/h5,7H,4H2,1-3,11H3. The predicted octanol–water partition coefficient (Wildman–Crippen LogP) is 0.670. The zero-order chi connectivity index (χ0) is 8.85. The Morgan fingerprint density at radius 2 is 2.27 bits per heavy atom. The van der Waals surface area contributed by atoms with Gasteiger partial charge in [-0.3, -0.25) is 0 Å². The molecule has 0 amide bonds. The van der Waals surface area contributed by atoms with Crippen molar-refractivity contribution in [3.8, 4) is 0 Å². The molecule has 0 saturated heterocycles. The molecule has 1 unspecified atom stereocenters. The molecule has 0 radical (unpaired) electrons. The molecular weight excluding hydrogens is 156 g/mol. The summed E-state index contributed by atoms with van der Waals surface area (Å²) in [6.07, 6.45) is 3.11. The Morgan fingerprint density at radius 1 is 1.73 bits per heavy atom. The molecule has 0 saturated carbocycles. The summed E-state index contributed by atoms with van der Waals surface area (Å²) in [5, 5.41) is 0. The third-order valence-corrected chi connectivity index (χ3v) is 2.84. The normalized spacial score (nSPS) is 14.6. The van der Waals surface area contributed by atoms with Crippen LogP contribution in [0.2, 0.25) is 5.54 Å². The van der Waals surface area contributed by atoms with Gasteiger partial charge in [0.1, 0.15) is 0 Å². The summed E-state index contributed by atoms with van der Waals surface area (Å²) in [7, 11) is 2.51. The van der Waals surface area contributed by atoms with Gasteiger partial charge in [-0.05, 0) is 12.5 Å². The molecular formula is C8H16O2Si. The number of esters is 1. The fourth-order valence-corrected chi connectivity index (χ4v) is 1.27. The zero-order valence-electron chi connectivity index (χ0n) is 7.68. The summed E-state index contributed by atoms with van der Waals surface area (Å²) in [5.74, 6) is -0.209. The predicted molar refractivity (Wildman–Crippen MR) is 49.8 cm³/mol. The van der Waals surface area contributed by atoms with Gasteiger partial charge in [0.05, 0.1) is 7.11 Å². The van der Waals surface area contributed by atoms with Crippen LogP contribution in [0.5, 0.6) is 0 Å². The first-order valence-corrected chi connectivity index (χ1v) is 5.04. The van der Waals surface area contributed by atoms with Gasteiger partial charge in [0.15, 0.2) is 0 Å². The number of hydrogen-bond donors (Lipinski definition) is 0. The van der Waals surface area contributed by atoms with Crippen LogP contribution in [0.4, 0.5) is 0 Å². The van der Waals surface area contributed by atoms with Gasteiger partial charge in [-0.15, -0.1) is 0 Å². The fraction of sp³-hybridized carbons (Fsp3) is 0.625. The van der Waals surface area contributed by atoms with Crippen molar-refractivity contribution in [2.45, 2.75) is 25.8 Å². The van der Waals surface area contributed by atoms with Crippen molar-refractivity contribution in [3.63, 3.8) is 0 Å². The average Bonchev–Trinajstić information content (AvgIpc) is 2.02. The molecule has 11 heavy (non-hydrogen) atoms. The zero-order valence-corrected chi connectivity index (χ0v) is 9.68. The Labute approximate surface area is 71.1 Å². The lowest BCUT2D eigenvalue weighted by molar-refractivity contribution is -0.136. The topological polar surface area (TPSA) is 26.3 Å². The lowest BCUT2D eigenvalue weighted by Gasteiger charge is -2.03.